The van der Waals surface area contributed by atoms with Crippen LogP contribution in [0.4, 0.5) is 0 Å². The summed E-state index contributed by atoms with van der Waals surface area (Å²) in [6, 6.07) is 0. The Balaban J connectivity index is 2.07. The predicted octanol–water partition coefficient (Wildman–Crippen LogP) is 1.94. The molecule has 64 valence electrons. The Morgan fingerprint density at radius 2 is 2.00 bits per heavy atom. The molecule has 2 heteroatoms. The van der Waals surface area contributed by atoms with E-state index in [1.807, 2.05) is 0 Å². The first kappa shape index (κ1) is 7.56. The highest BCUT2D eigenvalue weighted by Crippen LogP contribution is 2.44. The van der Waals surface area contributed by atoms with Crippen LogP contribution >= 0.6 is 0 Å². The Kier molecular flexibility index (Phi) is 1.52. The van der Waals surface area contributed by atoms with Crippen LogP contribution in [0.2, 0.25) is 0 Å². The van der Waals surface area contributed by atoms with E-state index in [-0.39, 0.29) is 5.79 Å². The predicted molar refractivity (Wildman–Crippen MR) is 42.3 cm³/mol. The van der Waals surface area contributed by atoms with E-state index in [1.54, 1.807) is 0 Å². The zero-order valence-electron chi connectivity index (χ0n) is 7.35. The van der Waals surface area contributed by atoms with Gasteiger partial charge in [0.05, 0.1) is 13.2 Å². The first-order valence-corrected chi connectivity index (χ1v) is 4.40. The zero-order chi connectivity index (χ0) is 7.95. The van der Waals surface area contributed by atoms with Crippen LogP contribution in [0.15, 0.2) is 0 Å². The first-order valence-electron chi connectivity index (χ1n) is 4.40. The Labute approximate surface area is 67.9 Å². The van der Waals surface area contributed by atoms with Crippen molar-refractivity contribution < 1.29 is 9.47 Å². The molecule has 0 aliphatic carbocycles. The Hall–Kier alpha value is -0.0800. The van der Waals surface area contributed by atoms with Crippen LogP contribution in [0.5, 0.6) is 0 Å². The third-order valence-corrected chi connectivity index (χ3v) is 2.54. The summed E-state index contributed by atoms with van der Waals surface area (Å²) in [7, 11) is 0. The van der Waals surface area contributed by atoms with Crippen molar-refractivity contribution in [3.8, 4) is 0 Å². The van der Waals surface area contributed by atoms with Crippen LogP contribution in [0.25, 0.3) is 0 Å². The number of rotatable bonds is 0. The van der Waals surface area contributed by atoms with Gasteiger partial charge in [0.2, 0.25) is 0 Å². The second-order valence-electron chi connectivity index (χ2n) is 4.49. The van der Waals surface area contributed by atoms with Gasteiger partial charge in [0, 0.05) is 12.8 Å². The summed E-state index contributed by atoms with van der Waals surface area (Å²) in [6.07, 6.45) is 3.33. The monoisotopic (exact) mass is 156 g/mol. The minimum atomic E-state index is -0.177. The van der Waals surface area contributed by atoms with E-state index in [0.29, 0.717) is 5.41 Å². The summed E-state index contributed by atoms with van der Waals surface area (Å²) in [6.45, 7) is 6.22. The molecule has 2 aliphatic heterocycles. The largest absolute Gasteiger partial charge is 0.350 e. The molecule has 2 fully saturated rings. The average Bonchev–Trinajstić information content (AvgIpc) is 2.43. The molecule has 0 aromatic rings. The lowest BCUT2D eigenvalue weighted by Gasteiger charge is -2.22. The van der Waals surface area contributed by atoms with Crippen molar-refractivity contribution in [2.75, 3.05) is 13.2 Å². The molecular weight excluding hydrogens is 140 g/mol. The van der Waals surface area contributed by atoms with Crippen molar-refractivity contribution in [3.63, 3.8) is 0 Å². The van der Waals surface area contributed by atoms with Gasteiger partial charge in [-0.3, -0.25) is 0 Å². The lowest BCUT2D eigenvalue weighted by Crippen LogP contribution is -2.26. The summed E-state index contributed by atoms with van der Waals surface area (Å²) in [5.74, 6) is -0.177. The van der Waals surface area contributed by atoms with Gasteiger partial charge >= 0.3 is 0 Å². The molecule has 0 saturated carbocycles. The van der Waals surface area contributed by atoms with Crippen LogP contribution in [-0.4, -0.2) is 19.0 Å². The maximum Gasteiger partial charge on any atom is 0.168 e. The first-order chi connectivity index (χ1) is 5.12. The van der Waals surface area contributed by atoms with E-state index in [1.165, 1.54) is 0 Å². The smallest absolute Gasteiger partial charge is 0.168 e. The molecule has 1 unspecified atom stereocenters. The molecule has 11 heavy (non-hydrogen) atoms. The fraction of sp³-hybridized carbons (Fsp3) is 1.00. The molecular formula is C9H16O2. The molecule has 2 nitrogen and oxygen atoms in total. The molecule has 0 N–H and O–H groups in total. The zero-order valence-corrected chi connectivity index (χ0v) is 7.35. The molecule has 2 rings (SSSR count). The highest BCUT2D eigenvalue weighted by atomic mass is 16.7. The summed E-state index contributed by atoms with van der Waals surface area (Å²) >= 11 is 0. The van der Waals surface area contributed by atoms with Crippen LogP contribution in [-0.2, 0) is 9.47 Å². The lowest BCUT2D eigenvalue weighted by molar-refractivity contribution is -0.178. The molecule has 2 aliphatic rings. The van der Waals surface area contributed by atoms with E-state index < -0.39 is 0 Å². The number of hydrogen-bond acceptors (Lipinski definition) is 2. The van der Waals surface area contributed by atoms with E-state index >= 15 is 0 Å². The molecule has 0 aromatic heterocycles. The molecule has 2 saturated heterocycles. The van der Waals surface area contributed by atoms with Crippen molar-refractivity contribution >= 4 is 0 Å². The maximum absolute atomic E-state index is 5.69. The van der Waals surface area contributed by atoms with Gasteiger partial charge < -0.3 is 9.47 Å². The quantitative estimate of drug-likeness (QED) is 0.533. The third-order valence-electron chi connectivity index (χ3n) is 2.54. The lowest BCUT2D eigenvalue weighted by atomic mass is 9.88. The second-order valence-corrected chi connectivity index (χ2v) is 4.49. The molecule has 1 atom stereocenters. The van der Waals surface area contributed by atoms with Gasteiger partial charge in [-0.15, -0.1) is 0 Å². The Morgan fingerprint density at radius 3 is 2.45 bits per heavy atom. The van der Waals surface area contributed by atoms with E-state index in [0.717, 1.165) is 32.5 Å². The highest BCUT2D eigenvalue weighted by molar-refractivity contribution is 4.89. The van der Waals surface area contributed by atoms with Crippen molar-refractivity contribution in [1.29, 1.82) is 0 Å². The van der Waals surface area contributed by atoms with Crippen LogP contribution in [0.1, 0.15) is 33.1 Å². The van der Waals surface area contributed by atoms with Crippen molar-refractivity contribution in [2.45, 2.75) is 38.9 Å². The molecule has 2 heterocycles. The molecule has 0 amide bonds. The van der Waals surface area contributed by atoms with Gasteiger partial charge in [0.15, 0.2) is 5.79 Å². The summed E-state index contributed by atoms with van der Waals surface area (Å²) in [5.41, 5.74) is 0.324. The molecule has 0 aromatic carbocycles. The standard InChI is InChI=1S/C9H16O2/c1-8(2)6-9(11-7-8)4-3-5-10-9/h3-7H2,1-2H3. The topological polar surface area (TPSA) is 18.5 Å². The fourth-order valence-corrected chi connectivity index (χ4v) is 2.08. The molecule has 1 spiro atoms. The average molecular weight is 156 g/mol. The Morgan fingerprint density at radius 1 is 1.18 bits per heavy atom. The van der Waals surface area contributed by atoms with E-state index in [2.05, 4.69) is 13.8 Å². The Bertz CT molecular complexity index is 157. The normalized spacial score (nSPS) is 42.0. The summed E-state index contributed by atoms with van der Waals surface area (Å²) < 4.78 is 11.3. The SMILES string of the molecule is CC1(C)COC2(CCCO2)C1. The van der Waals surface area contributed by atoms with Crippen molar-refractivity contribution in [1.82, 2.24) is 0 Å². The van der Waals surface area contributed by atoms with E-state index in [4.69, 9.17) is 9.47 Å². The third kappa shape index (κ3) is 1.30. The minimum Gasteiger partial charge on any atom is -0.350 e. The molecule has 0 bridgehead atoms. The fourth-order valence-electron chi connectivity index (χ4n) is 2.08. The number of hydrogen-bond donors (Lipinski definition) is 0. The van der Waals surface area contributed by atoms with Gasteiger partial charge in [-0.05, 0) is 11.8 Å². The van der Waals surface area contributed by atoms with Crippen LogP contribution < -0.4 is 0 Å². The van der Waals surface area contributed by atoms with Crippen molar-refractivity contribution in [3.05, 3.63) is 0 Å². The van der Waals surface area contributed by atoms with Gasteiger partial charge in [0.1, 0.15) is 0 Å². The minimum absolute atomic E-state index is 0.177. The van der Waals surface area contributed by atoms with Crippen LogP contribution in [0.3, 0.4) is 0 Å². The number of ether oxygens (including phenoxy) is 2. The summed E-state index contributed by atoms with van der Waals surface area (Å²) in [4.78, 5) is 0. The van der Waals surface area contributed by atoms with Gasteiger partial charge in [0.25, 0.3) is 0 Å². The van der Waals surface area contributed by atoms with Gasteiger partial charge in [-0.25, -0.2) is 0 Å². The molecule has 0 radical (unpaired) electrons. The van der Waals surface area contributed by atoms with Crippen LogP contribution in [0, 0.1) is 5.41 Å². The summed E-state index contributed by atoms with van der Waals surface area (Å²) in [5, 5.41) is 0. The van der Waals surface area contributed by atoms with Gasteiger partial charge in [-0.2, -0.15) is 0 Å². The van der Waals surface area contributed by atoms with Crippen molar-refractivity contribution in [2.24, 2.45) is 5.41 Å². The second kappa shape index (κ2) is 2.20. The highest BCUT2D eigenvalue weighted by Gasteiger charge is 2.47. The van der Waals surface area contributed by atoms with Gasteiger partial charge in [-0.1, -0.05) is 13.8 Å². The maximum atomic E-state index is 5.69. The van der Waals surface area contributed by atoms with E-state index in [9.17, 15) is 0 Å².